The zero-order chi connectivity index (χ0) is 23.4. The van der Waals surface area contributed by atoms with E-state index in [0.717, 1.165) is 42.0 Å². The van der Waals surface area contributed by atoms with Gasteiger partial charge in [0.15, 0.2) is 5.82 Å². The molecule has 4 aromatic rings. The van der Waals surface area contributed by atoms with Crippen LogP contribution in [0.15, 0.2) is 55.1 Å². The summed E-state index contributed by atoms with van der Waals surface area (Å²) in [5, 5.41) is 8.73. The molecule has 5 heterocycles. The highest BCUT2D eigenvalue weighted by atomic mass is 16.2. The molecule has 172 valence electrons. The molecule has 3 aromatic heterocycles. The predicted octanol–water partition coefficient (Wildman–Crippen LogP) is 3.03. The summed E-state index contributed by atoms with van der Waals surface area (Å²) in [6, 6.07) is 9.25. The molecule has 2 unspecified atom stereocenters. The highest BCUT2D eigenvalue weighted by molar-refractivity contribution is 6.21. The number of piperidine rings is 1. The average Bonchev–Trinajstić information content (AvgIpc) is 3.54. The minimum Gasteiger partial charge on any atom is -0.352 e. The van der Waals surface area contributed by atoms with Crippen LogP contribution in [0.25, 0.3) is 16.8 Å². The van der Waals surface area contributed by atoms with Gasteiger partial charge in [0.05, 0.1) is 35.4 Å². The van der Waals surface area contributed by atoms with Crippen LogP contribution in [0, 0.1) is 5.92 Å². The molecule has 9 heteroatoms. The zero-order valence-electron chi connectivity index (χ0n) is 19.1. The van der Waals surface area contributed by atoms with Crippen molar-refractivity contribution < 1.29 is 9.59 Å². The van der Waals surface area contributed by atoms with Crippen molar-refractivity contribution in [1.29, 1.82) is 0 Å². The fourth-order valence-electron chi connectivity index (χ4n) is 5.23. The first-order chi connectivity index (χ1) is 16.5. The molecule has 9 nitrogen and oxygen atoms in total. The molecular formula is C25H25N7O2. The number of amides is 2. The van der Waals surface area contributed by atoms with E-state index >= 15 is 0 Å². The minimum absolute atomic E-state index is 0.178. The van der Waals surface area contributed by atoms with Gasteiger partial charge in [-0.1, -0.05) is 12.1 Å². The van der Waals surface area contributed by atoms with Gasteiger partial charge in [-0.3, -0.25) is 19.2 Å². The van der Waals surface area contributed by atoms with Crippen LogP contribution >= 0.6 is 0 Å². The summed E-state index contributed by atoms with van der Waals surface area (Å²) in [4.78, 5) is 34.4. The Bertz CT molecular complexity index is 1390. The molecule has 1 saturated heterocycles. The fraction of sp³-hybridized carbons (Fsp3) is 0.320. The first-order valence-electron chi connectivity index (χ1n) is 11.5. The number of nitrogens with zero attached hydrogens (tertiary/aromatic N) is 7. The molecule has 2 aliphatic rings. The van der Waals surface area contributed by atoms with Crippen molar-refractivity contribution in [3.63, 3.8) is 0 Å². The monoisotopic (exact) mass is 455 g/mol. The molecule has 1 fully saturated rings. The highest BCUT2D eigenvalue weighted by Crippen LogP contribution is 2.33. The van der Waals surface area contributed by atoms with E-state index in [1.807, 2.05) is 30.0 Å². The van der Waals surface area contributed by atoms with Gasteiger partial charge >= 0.3 is 0 Å². The number of imide groups is 1. The third-order valence-corrected chi connectivity index (χ3v) is 6.95. The van der Waals surface area contributed by atoms with Crippen LogP contribution in [0.1, 0.15) is 40.5 Å². The molecule has 0 aliphatic carbocycles. The molecule has 2 aliphatic heterocycles. The number of carbonyl (C=O) groups is 2. The van der Waals surface area contributed by atoms with E-state index in [2.05, 4.69) is 22.0 Å². The SMILES string of the molecule is CC1CC(CN2C(=O)c3ccccc3C2=O)CCN1c1nc(-c2cnn(C)c2)cn2nccc12. The Morgan fingerprint density at radius 2 is 1.79 bits per heavy atom. The van der Waals surface area contributed by atoms with E-state index in [4.69, 9.17) is 4.98 Å². The molecule has 1 aromatic carbocycles. The fourth-order valence-corrected chi connectivity index (χ4v) is 5.23. The molecule has 0 saturated carbocycles. The van der Waals surface area contributed by atoms with E-state index in [1.165, 1.54) is 4.90 Å². The van der Waals surface area contributed by atoms with E-state index in [1.54, 1.807) is 41.3 Å². The molecule has 2 amide bonds. The van der Waals surface area contributed by atoms with Gasteiger partial charge in [-0.05, 0) is 43.9 Å². The largest absolute Gasteiger partial charge is 0.352 e. The summed E-state index contributed by atoms with van der Waals surface area (Å²) in [5.41, 5.74) is 3.74. The number of aromatic nitrogens is 5. The number of aryl methyl sites for hydroxylation is 1. The molecule has 2 atom stereocenters. The van der Waals surface area contributed by atoms with Crippen LogP contribution in [0.5, 0.6) is 0 Å². The van der Waals surface area contributed by atoms with Crippen LogP contribution in [0.3, 0.4) is 0 Å². The normalized spacial score (nSPS) is 20.4. The number of hydrogen-bond donors (Lipinski definition) is 0. The Morgan fingerprint density at radius 3 is 2.47 bits per heavy atom. The maximum absolute atomic E-state index is 12.8. The summed E-state index contributed by atoms with van der Waals surface area (Å²) in [6.07, 6.45) is 9.20. The van der Waals surface area contributed by atoms with Crippen LogP contribution in [-0.4, -0.2) is 60.2 Å². The van der Waals surface area contributed by atoms with Gasteiger partial charge in [0.25, 0.3) is 11.8 Å². The van der Waals surface area contributed by atoms with Crippen molar-refractivity contribution in [1.82, 2.24) is 29.3 Å². The number of benzene rings is 1. The maximum atomic E-state index is 12.8. The number of fused-ring (bicyclic) bond motifs is 2. The first kappa shape index (κ1) is 20.6. The van der Waals surface area contributed by atoms with Crippen LogP contribution in [0.4, 0.5) is 5.82 Å². The second-order valence-electron chi connectivity index (χ2n) is 9.21. The molecule has 0 radical (unpaired) electrons. The third-order valence-electron chi connectivity index (χ3n) is 6.95. The van der Waals surface area contributed by atoms with Gasteiger partial charge in [0.1, 0.15) is 5.52 Å². The summed E-state index contributed by atoms with van der Waals surface area (Å²) in [5.74, 6) is 0.784. The van der Waals surface area contributed by atoms with Gasteiger partial charge in [0.2, 0.25) is 0 Å². The number of rotatable bonds is 4. The van der Waals surface area contributed by atoms with E-state index < -0.39 is 0 Å². The van der Waals surface area contributed by atoms with Gasteiger partial charge in [-0.2, -0.15) is 10.2 Å². The van der Waals surface area contributed by atoms with Crippen LogP contribution in [0.2, 0.25) is 0 Å². The van der Waals surface area contributed by atoms with Gasteiger partial charge in [0, 0.05) is 37.9 Å². The van der Waals surface area contributed by atoms with Crippen molar-refractivity contribution in [2.45, 2.75) is 25.8 Å². The molecule has 34 heavy (non-hydrogen) atoms. The second kappa shape index (κ2) is 7.79. The predicted molar refractivity (Wildman–Crippen MR) is 127 cm³/mol. The maximum Gasteiger partial charge on any atom is 0.261 e. The average molecular weight is 456 g/mol. The lowest BCUT2D eigenvalue weighted by Crippen LogP contribution is -2.45. The second-order valence-corrected chi connectivity index (χ2v) is 9.21. The van der Waals surface area contributed by atoms with E-state index in [9.17, 15) is 9.59 Å². The van der Waals surface area contributed by atoms with Crippen molar-refractivity contribution in [2.75, 3.05) is 18.0 Å². The standard InChI is InChI=1S/C25H25N7O2/c1-16-11-17(13-31-24(33)19-5-3-4-6-20(19)25(31)34)8-10-30(16)23-22-7-9-26-32(22)15-21(28-23)18-12-27-29(2)14-18/h3-7,9,12,14-17H,8,10-11,13H2,1-2H3. The number of carbonyl (C=O) groups excluding carboxylic acids is 2. The number of hydrogen-bond acceptors (Lipinski definition) is 6. The third kappa shape index (κ3) is 3.27. The van der Waals surface area contributed by atoms with Gasteiger partial charge in [-0.25, -0.2) is 9.50 Å². The topological polar surface area (TPSA) is 88.6 Å². The summed E-state index contributed by atoms with van der Waals surface area (Å²) >= 11 is 0. The van der Waals surface area contributed by atoms with Crippen LogP contribution in [-0.2, 0) is 7.05 Å². The smallest absolute Gasteiger partial charge is 0.261 e. The Labute approximate surface area is 196 Å². The minimum atomic E-state index is -0.178. The van der Waals surface area contributed by atoms with Gasteiger partial charge in [-0.15, -0.1) is 0 Å². The quantitative estimate of drug-likeness (QED) is 0.440. The van der Waals surface area contributed by atoms with Crippen LogP contribution < -0.4 is 4.90 Å². The molecule has 0 spiro atoms. The molecule has 0 N–H and O–H groups in total. The Kier molecular flexibility index (Phi) is 4.72. The summed E-state index contributed by atoms with van der Waals surface area (Å²) in [7, 11) is 1.89. The molecule has 0 bridgehead atoms. The van der Waals surface area contributed by atoms with Crippen molar-refractivity contribution in [2.24, 2.45) is 13.0 Å². The number of anilines is 1. The summed E-state index contributed by atoms with van der Waals surface area (Å²) in [6.45, 7) is 3.43. The lowest BCUT2D eigenvalue weighted by molar-refractivity contribution is 0.0617. The van der Waals surface area contributed by atoms with E-state index in [-0.39, 0.29) is 23.8 Å². The highest BCUT2D eigenvalue weighted by Gasteiger charge is 2.38. The summed E-state index contributed by atoms with van der Waals surface area (Å²) < 4.78 is 3.62. The van der Waals surface area contributed by atoms with Crippen molar-refractivity contribution in [3.05, 3.63) is 66.2 Å². The zero-order valence-corrected chi connectivity index (χ0v) is 19.1. The van der Waals surface area contributed by atoms with E-state index in [0.29, 0.717) is 17.7 Å². The lowest BCUT2D eigenvalue weighted by atomic mass is 9.91. The Morgan fingerprint density at radius 1 is 1.03 bits per heavy atom. The molecule has 6 rings (SSSR count). The van der Waals surface area contributed by atoms with Crippen molar-refractivity contribution >= 4 is 23.1 Å². The molecular weight excluding hydrogens is 430 g/mol. The first-order valence-corrected chi connectivity index (χ1v) is 11.5. The Hall–Kier alpha value is -4.01. The Balaban J connectivity index is 1.23. The van der Waals surface area contributed by atoms with Crippen molar-refractivity contribution in [3.8, 4) is 11.3 Å². The van der Waals surface area contributed by atoms with Gasteiger partial charge < -0.3 is 4.90 Å². The lowest BCUT2D eigenvalue weighted by Gasteiger charge is -2.39.